The van der Waals surface area contributed by atoms with E-state index in [1.165, 1.54) is 11.1 Å². The summed E-state index contributed by atoms with van der Waals surface area (Å²) in [6.07, 6.45) is 8.64. The summed E-state index contributed by atoms with van der Waals surface area (Å²) < 4.78 is 0. The summed E-state index contributed by atoms with van der Waals surface area (Å²) in [5.41, 5.74) is 4.18. The van der Waals surface area contributed by atoms with Gasteiger partial charge in [0.25, 0.3) is 11.1 Å². The van der Waals surface area contributed by atoms with Crippen LogP contribution in [0.25, 0.3) is 6.08 Å². The van der Waals surface area contributed by atoms with E-state index in [2.05, 4.69) is 38.2 Å². The minimum Gasteiger partial charge on any atom is -0.508 e. The van der Waals surface area contributed by atoms with Crippen molar-refractivity contribution in [1.82, 2.24) is 5.32 Å². The van der Waals surface area contributed by atoms with Gasteiger partial charge in [-0.3, -0.25) is 14.9 Å². The minimum atomic E-state index is -0.375. The van der Waals surface area contributed by atoms with E-state index in [0.717, 1.165) is 35.7 Å². The zero-order valence-corrected chi connectivity index (χ0v) is 15.6. The maximum absolute atomic E-state index is 11.6. The van der Waals surface area contributed by atoms with Crippen molar-refractivity contribution in [3.63, 3.8) is 0 Å². The number of benzene rings is 1. The Morgan fingerprint density at radius 3 is 2.60 bits per heavy atom. The molecule has 25 heavy (non-hydrogen) atoms. The molecule has 0 atom stereocenters. The number of hydrogen-bond donors (Lipinski definition) is 2. The predicted octanol–water partition coefficient (Wildman–Crippen LogP) is 4.95. The monoisotopic (exact) mass is 357 g/mol. The summed E-state index contributed by atoms with van der Waals surface area (Å²) in [5.74, 6) is -0.144. The number of carbonyl (C=O) groups is 2. The fourth-order valence-corrected chi connectivity index (χ4v) is 3.09. The molecule has 1 aromatic rings. The van der Waals surface area contributed by atoms with Crippen molar-refractivity contribution in [2.45, 2.75) is 40.0 Å². The molecule has 1 aromatic carbocycles. The lowest BCUT2D eigenvalue weighted by Crippen LogP contribution is -2.17. The number of phenolic OH excluding ortho intramolecular Hbond substituents is 1. The molecule has 2 rings (SSSR count). The van der Waals surface area contributed by atoms with Gasteiger partial charge in [-0.15, -0.1) is 0 Å². The first kappa shape index (κ1) is 19.1. The van der Waals surface area contributed by atoms with Crippen LogP contribution in [0.4, 0.5) is 4.79 Å². The van der Waals surface area contributed by atoms with Crippen molar-refractivity contribution in [1.29, 1.82) is 0 Å². The van der Waals surface area contributed by atoms with Crippen LogP contribution in [-0.4, -0.2) is 16.3 Å². The Morgan fingerprint density at radius 2 is 1.96 bits per heavy atom. The van der Waals surface area contributed by atoms with Crippen LogP contribution in [-0.2, 0) is 11.2 Å². The molecule has 132 valence electrons. The van der Waals surface area contributed by atoms with E-state index in [0.29, 0.717) is 11.3 Å². The Morgan fingerprint density at radius 1 is 1.20 bits per heavy atom. The number of hydrogen-bond acceptors (Lipinski definition) is 4. The van der Waals surface area contributed by atoms with Crippen molar-refractivity contribution in [3.05, 3.63) is 57.5 Å². The van der Waals surface area contributed by atoms with Gasteiger partial charge in [-0.25, -0.2) is 0 Å². The maximum Gasteiger partial charge on any atom is 0.290 e. The summed E-state index contributed by atoms with van der Waals surface area (Å²) in [6.45, 7) is 6.27. The molecular formula is C20H23NO3S. The molecular weight excluding hydrogens is 334 g/mol. The number of phenols is 1. The van der Waals surface area contributed by atoms with Crippen LogP contribution < -0.4 is 5.32 Å². The highest BCUT2D eigenvalue weighted by molar-refractivity contribution is 8.18. The average Bonchev–Trinajstić information content (AvgIpc) is 2.85. The maximum atomic E-state index is 11.6. The third kappa shape index (κ3) is 5.94. The molecule has 0 spiro atoms. The SMILES string of the molecule is CC(C)=CCC/C(C)=C/Cc1cc(/C=C2\SC(=O)NC2=O)ccc1O. The lowest BCUT2D eigenvalue weighted by molar-refractivity contribution is -0.115. The molecule has 1 fully saturated rings. The van der Waals surface area contributed by atoms with Gasteiger partial charge in [0.2, 0.25) is 0 Å². The van der Waals surface area contributed by atoms with E-state index < -0.39 is 0 Å². The number of rotatable bonds is 6. The second kappa shape index (κ2) is 8.72. The van der Waals surface area contributed by atoms with Gasteiger partial charge in [0.15, 0.2) is 0 Å². The number of thioether (sulfide) groups is 1. The van der Waals surface area contributed by atoms with Gasteiger partial charge in [-0.1, -0.05) is 29.4 Å². The van der Waals surface area contributed by atoms with Crippen molar-refractivity contribution in [2.24, 2.45) is 0 Å². The van der Waals surface area contributed by atoms with Gasteiger partial charge < -0.3 is 5.11 Å². The number of nitrogens with one attached hydrogen (secondary N) is 1. The van der Waals surface area contributed by atoms with Crippen molar-refractivity contribution in [2.75, 3.05) is 0 Å². The van der Waals surface area contributed by atoms with E-state index in [-0.39, 0.29) is 16.9 Å². The van der Waals surface area contributed by atoms with Gasteiger partial charge in [-0.05, 0) is 81.1 Å². The first-order valence-corrected chi connectivity index (χ1v) is 9.02. The average molecular weight is 357 g/mol. The minimum absolute atomic E-state index is 0.232. The highest BCUT2D eigenvalue weighted by Crippen LogP contribution is 2.27. The van der Waals surface area contributed by atoms with Crippen molar-refractivity contribution in [3.8, 4) is 5.75 Å². The molecule has 0 bridgehead atoms. The summed E-state index contributed by atoms with van der Waals surface area (Å²) in [7, 11) is 0. The van der Waals surface area contributed by atoms with Gasteiger partial charge in [0.1, 0.15) is 5.75 Å². The van der Waals surface area contributed by atoms with Crippen LogP contribution in [0.5, 0.6) is 5.75 Å². The van der Waals surface area contributed by atoms with E-state index in [9.17, 15) is 14.7 Å². The molecule has 5 heteroatoms. The molecule has 2 amide bonds. The highest BCUT2D eigenvalue weighted by atomic mass is 32.2. The Balaban J connectivity index is 2.09. The highest BCUT2D eigenvalue weighted by Gasteiger charge is 2.24. The second-order valence-corrected chi connectivity index (χ2v) is 7.33. The summed E-state index contributed by atoms with van der Waals surface area (Å²) in [5, 5.41) is 11.9. The number of imide groups is 1. The van der Waals surface area contributed by atoms with Crippen LogP contribution in [0.3, 0.4) is 0 Å². The largest absolute Gasteiger partial charge is 0.508 e. The van der Waals surface area contributed by atoms with Crippen LogP contribution >= 0.6 is 11.8 Å². The second-order valence-electron chi connectivity index (χ2n) is 6.32. The predicted molar refractivity (Wildman–Crippen MR) is 103 cm³/mol. The summed E-state index contributed by atoms with van der Waals surface area (Å²) in [4.78, 5) is 23.2. The zero-order chi connectivity index (χ0) is 18.4. The summed E-state index contributed by atoms with van der Waals surface area (Å²) in [6, 6.07) is 5.19. The standard InChI is InChI=1S/C20H23NO3S/c1-13(2)5-4-6-14(3)7-9-16-11-15(8-10-17(16)22)12-18-19(23)21-20(24)25-18/h5,7-8,10-12,22H,4,6,9H2,1-3H3,(H,21,23,24)/b14-7+,18-12-. The molecule has 1 heterocycles. The Bertz CT molecular complexity index is 771. The van der Waals surface area contributed by atoms with Gasteiger partial charge in [0.05, 0.1) is 4.91 Å². The summed E-state index contributed by atoms with van der Waals surface area (Å²) >= 11 is 0.890. The lowest BCUT2D eigenvalue weighted by atomic mass is 10.0. The van der Waals surface area contributed by atoms with Crippen LogP contribution in [0.1, 0.15) is 44.7 Å². The van der Waals surface area contributed by atoms with Crippen molar-refractivity contribution >= 4 is 29.0 Å². The van der Waals surface area contributed by atoms with Crippen LogP contribution in [0, 0.1) is 0 Å². The molecule has 0 aromatic heterocycles. The quantitative estimate of drug-likeness (QED) is 0.558. The molecule has 4 nitrogen and oxygen atoms in total. The van der Waals surface area contributed by atoms with Crippen LogP contribution in [0.15, 0.2) is 46.4 Å². The van der Waals surface area contributed by atoms with Crippen LogP contribution in [0.2, 0.25) is 0 Å². The van der Waals surface area contributed by atoms with E-state index in [4.69, 9.17) is 0 Å². The smallest absolute Gasteiger partial charge is 0.290 e. The normalized spacial score (nSPS) is 16.3. The Labute approximate surface area is 152 Å². The topological polar surface area (TPSA) is 66.4 Å². The Kier molecular flexibility index (Phi) is 6.65. The molecule has 0 radical (unpaired) electrons. The lowest BCUT2D eigenvalue weighted by Gasteiger charge is -2.05. The van der Waals surface area contributed by atoms with E-state index >= 15 is 0 Å². The number of allylic oxidation sites excluding steroid dienone is 4. The third-order valence-electron chi connectivity index (χ3n) is 3.81. The number of amides is 2. The van der Waals surface area contributed by atoms with Gasteiger partial charge in [-0.2, -0.15) is 0 Å². The zero-order valence-electron chi connectivity index (χ0n) is 14.8. The van der Waals surface area contributed by atoms with Gasteiger partial charge >= 0.3 is 0 Å². The van der Waals surface area contributed by atoms with E-state index in [1.54, 1.807) is 18.2 Å². The molecule has 1 aliphatic rings. The van der Waals surface area contributed by atoms with E-state index in [1.807, 2.05) is 6.07 Å². The molecule has 0 aliphatic carbocycles. The number of carbonyl (C=O) groups excluding carboxylic acids is 2. The molecule has 0 unspecified atom stereocenters. The first-order valence-electron chi connectivity index (χ1n) is 8.21. The molecule has 1 aliphatic heterocycles. The molecule has 1 saturated heterocycles. The third-order valence-corrected chi connectivity index (χ3v) is 4.62. The molecule has 0 saturated carbocycles. The fourth-order valence-electron chi connectivity index (χ4n) is 2.41. The van der Waals surface area contributed by atoms with Crippen molar-refractivity contribution < 1.29 is 14.7 Å². The van der Waals surface area contributed by atoms with Gasteiger partial charge in [0, 0.05) is 0 Å². The molecule has 2 N–H and O–H groups in total. The fraction of sp³-hybridized carbons (Fsp3) is 0.300. The Hall–Kier alpha value is -2.27. The number of aromatic hydroxyl groups is 1. The first-order chi connectivity index (χ1) is 11.8.